The third-order valence-corrected chi connectivity index (χ3v) is 12.1. The maximum Gasteiger partial charge on any atom is 0.0476 e. The lowest BCUT2D eigenvalue weighted by atomic mass is 9.88. The number of thiophene rings is 1. The largest absolute Gasteiger partial charge is 0.310 e. The topological polar surface area (TPSA) is 3.24 Å². The van der Waals surface area contributed by atoms with Crippen molar-refractivity contribution >= 4 is 91.7 Å². The Morgan fingerprint density at radius 2 is 0.870 bits per heavy atom. The van der Waals surface area contributed by atoms with Crippen LogP contribution in [0.15, 0.2) is 200 Å². The van der Waals surface area contributed by atoms with Gasteiger partial charge in [0.05, 0.1) is 0 Å². The highest BCUT2D eigenvalue weighted by atomic mass is 32.1. The lowest BCUT2D eigenvalue weighted by Crippen LogP contribution is -2.10. The van der Waals surface area contributed by atoms with Crippen LogP contribution in [0.25, 0.3) is 85.5 Å². The molecule has 0 aliphatic rings. The van der Waals surface area contributed by atoms with Crippen LogP contribution in [0.1, 0.15) is 0 Å². The zero-order valence-electron chi connectivity index (χ0n) is 29.4. The molecule has 0 unspecified atom stereocenters. The maximum absolute atomic E-state index is 2.41. The summed E-state index contributed by atoms with van der Waals surface area (Å²) in [7, 11) is 0. The van der Waals surface area contributed by atoms with Crippen LogP contribution in [-0.2, 0) is 0 Å². The summed E-state index contributed by atoms with van der Waals surface area (Å²) in [5.41, 5.74) is 8.22. The molecule has 1 aromatic heterocycles. The monoisotopic (exact) mass is 703 g/mol. The van der Waals surface area contributed by atoms with Crippen molar-refractivity contribution in [3.63, 3.8) is 0 Å². The minimum Gasteiger partial charge on any atom is -0.310 e. The van der Waals surface area contributed by atoms with Crippen molar-refractivity contribution in [1.29, 1.82) is 0 Å². The van der Waals surface area contributed by atoms with Crippen LogP contribution in [0.4, 0.5) is 17.1 Å². The van der Waals surface area contributed by atoms with Crippen LogP contribution in [0.3, 0.4) is 0 Å². The second-order valence-electron chi connectivity index (χ2n) is 14.1. The van der Waals surface area contributed by atoms with Gasteiger partial charge in [-0.25, -0.2) is 0 Å². The lowest BCUT2D eigenvalue weighted by molar-refractivity contribution is 1.29. The Kier molecular flexibility index (Phi) is 7.11. The first-order valence-electron chi connectivity index (χ1n) is 18.5. The van der Waals surface area contributed by atoms with Crippen LogP contribution in [0.5, 0.6) is 0 Å². The van der Waals surface area contributed by atoms with E-state index in [0.717, 1.165) is 17.1 Å². The molecule has 0 aliphatic carbocycles. The van der Waals surface area contributed by atoms with Gasteiger partial charge in [-0.05, 0) is 114 Å². The van der Waals surface area contributed by atoms with E-state index >= 15 is 0 Å². The Morgan fingerprint density at radius 1 is 0.296 bits per heavy atom. The summed E-state index contributed by atoms with van der Waals surface area (Å²) >= 11 is 1.86. The summed E-state index contributed by atoms with van der Waals surface area (Å²) in [5, 5.41) is 12.8. The van der Waals surface area contributed by atoms with E-state index in [4.69, 9.17) is 0 Å². The highest BCUT2D eigenvalue weighted by molar-refractivity contribution is 7.25. The predicted octanol–water partition coefficient (Wildman–Crippen LogP) is 15.5. The van der Waals surface area contributed by atoms with Crippen molar-refractivity contribution in [2.75, 3.05) is 4.90 Å². The fourth-order valence-corrected chi connectivity index (χ4v) is 9.61. The minimum atomic E-state index is 1.12. The standard InChI is InChI=1S/C52H33NS/c1-2-11-34(12-3-1)35-23-26-40(27-24-35)53(42-28-30-46-45-19-8-9-20-49(45)54-50(46)33-42)41-16-10-15-38(31-41)48-32-39-22-21-36-13-4-6-17-43(36)51(39)52-44-18-7-5-14-37(44)25-29-47(48)52/h1-33H. The Bertz CT molecular complexity index is 3210. The van der Waals surface area contributed by atoms with E-state index in [1.807, 2.05) is 11.3 Å². The first-order valence-corrected chi connectivity index (χ1v) is 19.3. The second-order valence-corrected chi connectivity index (χ2v) is 15.2. The fraction of sp³-hybridized carbons (Fsp3) is 0. The number of nitrogens with zero attached hydrogens (tertiary/aromatic N) is 1. The molecular formula is C52H33NS. The van der Waals surface area contributed by atoms with Crippen LogP contribution in [0, 0.1) is 0 Å². The van der Waals surface area contributed by atoms with Crippen molar-refractivity contribution < 1.29 is 0 Å². The van der Waals surface area contributed by atoms with Crippen LogP contribution in [0.2, 0.25) is 0 Å². The first-order chi connectivity index (χ1) is 26.8. The smallest absolute Gasteiger partial charge is 0.0476 e. The molecule has 0 N–H and O–H groups in total. The second kappa shape index (κ2) is 12.4. The Morgan fingerprint density at radius 3 is 1.69 bits per heavy atom. The van der Waals surface area contributed by atoms with Gasteiger partial charge in [0.2, 0.25) is 0 Å². The quantitative estimate of drug-likeness (QED) is 0.161. The molecule has 0 fully saturated rings. The number of hydrogen-bond donors (Lipinski definition) is 0. The van der Waals surface area contributed by atoms with Gasteiger partial charge in [0.15, 0.2) is 0 Å². The molecule has 0 spiro atoms. The third kappa shape index (κ3) is 4.99. The molecule has 11 aromatic rings. The molecule has 2 heteroatoms. The van der Waals surface area contributed by atoms with Gasteiger partial charge in [0.1, 0.15) is 0 Å². The summed E-state index contributed by atoms with van der Waals surface area (Å²) in [6.45, 7) is 0. The number of hydrogen-bond acceptors (Lipinski definition) is 2. The molecule has 0 saturated heterocycles. The average molecular weight is 704 g/mol. The average Bonchev–Trinajstić information content (AvgIpc) is 3.62. The summed E-state index contributed by atoms with van der Waals surface area (Å²) < 4.78 is 2.60. The molecule has 252 valence electrons. The van der Waals surface area contributed by atoms with Crippen LogP contribution < -0.4 is 4.90 Å². The van der Waals surface area contributed by atoms with E-state index in [2.05, 4.69) is 205 Å². The zero-order valence-corrected chi connectivity index (χ0v) is 30.2. The van der Waals surface area contributed by atoms with Gasteiger partial charge >= 0.3 is 0 Å². The van der Waals surface area contributed by atoms with Gasteiger partial charge in [0, 0.05) is 37.2 Å². The van der Waals surface area contributed by atoms with E-state index in [0.29, 0.717) is 0 Å². The van der Waals surface area contributed by atoms with Gasteiger partial charge in [0.25, 0.3) is 0 Å². The van der Waals surface area contributed by atoms with Crippen molar-refractivity contribution in [3.05, 3.63) is 200 Å². The summed E-state index contributed by atoms with van der Waals surface area (Å²) in [6, 6.07) is 73.6. The van der Waals surface area contributed by atoms with Gasteiger partial charge in [-0.15, -0.1) is 11.3 Å². The molecule has 54 heavy (non-hydrogen) atoms. The molecule has 0 amide bonds. The molecule has 0 radical (unpaired) electrons. The van der Waals surface area contributed by atoms with Crippen LogP contribution >= 0.6 is 11.3 Å². The lowest BCUT2D eigenvalue weighted by Gasteiger charge is -2.26. The fourth-order valence-electron chi connectivity index (χ4n) is 8.47. The van der Waals surface area contributed by atoms with E-state index in [-0.39, 0.29) is 0 Å². The highest BCUT2D eigenvalue weighted by Crippen LogP contribution is 2.45. The van der Waals surface area contributed by atoms with Gasteiger partial charge in [-0.3, -0.25) is 0 Å². The normalized spacial score (nSPS) is 11.7. The molecular weight excluding hydrogens is 671 g/mol. The minimum absolute atomic E-state index is 1.12. The molecule has 0 saturated carbocycles. The van der Waals surface area contributed by atoms with Gasteiger partial charge < -0.3 is 4.90 Å². The van der Waals surface area contributed by atoms with Crippen LogP contribution in [-0.4, -0.2) is 0 Å². The SMILES string of the molecule is c1ccc(-c2ccc(N(c3cccc(-c4cc5ccc6ccccc6c5c5c4ccc4ccccc45)c3)c3ccc4c(c3)sc3ccccc34)cc2)cc1. The number of anilines is 3. The number of rotatable bonds is 5. The highest BCUT2D eigenvalue weighted by Gasteiger charge is 2.18. The zero-order chi connectivity index (χ0) is 35.6. The van der Waals surface area contributed by atoms with Crippen molar-refractivity contribution in [3.8, 4) is 22.3 Å². The summed E-state index contributed by atoms with van der Waals surface area (Å²) in [4.78, 5) is 2.41. The molecule has 0 bridgehead atoms. The molecule has 0 aliphatic heterocycles. The molecule has 10 aromatic carbocycles. The van der Waals surface area contributed by atoms with E-state index in [1.165, 1.54) is 85.5 Å². The maximum atomic E-state index is 2.41. The molecule has 1 heterocycles. The first kappa shape index (κ1) is 30.8. The predicted molar refractivity (Wildman–Crippen MR) is 235 cm³/mol. The molecule has 11 rings (SSSR count). The summed E-state index contributed by atoms with van der Waals surface area (Å²) in [5.74, 6) is 0. The van der Waals surface area contributed by atoms with E-state index < -0.39 is 0 Å². The Labute approximate surface area is 317 Å². The molecule has 1 nitrogen and oxygen atoms in total. The number of fused-ring (bicyclic) bond motifs is 10. The van der Waals surface area contributed by atoms with Gasteiger partial charge in [-0.1, -0.05) is 152 Å². The molecule has 0 atom stereocenters. The third-order valence-electron chi connectivity index (χ3n) is 11.0. The van der Waals surface area contributed by atoms with E-state index in [1.54, 1.807) is 0 Å². The summed E-state index contributed by atoms with van der Waals surface area (Å²) in [6.07, 6.45) is 0. The van der Waals surface area contributed by atoms with Crippen molar-refractivity contribution in [2.45, 2.75) is 0 Å². The van der Waals surface area contributed by atoms with Crippen molar-refractivity contribution in [1.82, 2.24) is 0 Å². The van der Waals surface area contributed by atoms with Crippen molar-refractivity contribution in [2.24, 2.45) is 0 Å². The van der Waals surface area contributed by atoms with Gasteiger partial charge in [-0.2, -0.15) is 0 Å². The Hall–Kier alpha value is -6.74. The Balaban J connectivity index is 1.13. The van der Waals surface area contributed by atoms with E-state index in [9.17, 15) is 0 Å². The number of benzene rings is 10.